The number of carbonyl (C=O) groups excluding carboxylic acids is 1. The normalized spacial score (nSPS) is 19.6. The molecule has 88 valence electrons. The molecule has 5 heteroatoms. The van der Waals surface area contributed by atoms with Crippen LogP contribution in [0.5, 0.6) is 0 Å². The second-order valence-electron chi connectivity index (χ2n) is 4.03. The lowest BCUT2D eigenvalue weighted by Crippen LogP contribution is -2.26. The lowest BCUT2D eigenvalue weighted by atomic mass is 10.2. The van der Waals surface area contributed by atoms with E-state index in [1.807, 2.05) is 18.2 Å². The number of aromatic nitrogens is 1. The Morgan fingerprint density at radius 3 is 3.29 bits per heavy atom. The maximum absolute atomic E-state index is 11.8. The van der Waals surface area contributed by atoms with Gasteiger partial charge < -0.3 is 10.1 Å². The van der Waals surface area contributed by atoms with Crippen LogP contribution >= 0.6 is 11.3 Å². The number of thiazole rings is 1. The van der Waals surface area contributed by atoms with Gasteiger partial charge in [-0.15, -0.1) is 11.3 Å². The van der Waals surface area contributed by atoms with Crippen molar-refractivity contribution in [3.63, 3.8) is 0 Å². The number of hydrogen-bond acceptors (Lipinski definition) is 4. The van der Waals surface area contributed by atoms with Gasteiger partial charge in [0.05, 0.1) is 15.7 Å². The van der Waals surface area contributed by atoms with Gasteiger partial charge in [0.1, 0.15) is 6.10 Å². The maximum Gasteiger partial charge on any atom is 0.253 e. The summed E-state index contributed by atoms with van der Waals surface area (Å²) in [5.74, 6) is -0.0583. The molecule has 4 nitrogen and oxygen atoms in total. The molecule has 1 amide bonds. The molecule has 1 saturated heterocycles. The lowest BCUT2D eigenvalue weighted by molar-refractivity contribution is -0.124. The molecule has 0 spiro atoms. The molecule has 1 aromatic heterocycles. The Labute approximate surface area is 103 Å². The molecule has 0 bridgehead atoms. The molecule has 1 unspecified atom stereocenters. The Morgan fingerprint density at radius 1 is 1.53 bits per heavy atom. The van der Waals surface area contributed by atoms with E-state index >= 15 is 0 Å². The summed E-state index contributed by atoms with van der Waals surface area (Å²) in [7, 11) is 0. The van der Waals surface area contributed by atoms with Crippen LogP contribution < -0.4 is 5.32 Å². The predicted molar refractivity (Wildman–Crippen MR) is 67.2 cm³/mol. The molecule has 3 rings (SSSR count). The second-order valence-corrected chi connectivity index (χ2v) is 4.91. The quantitative estimate of drug-likeness (QED) is 0.888. The highest BCUT2D eigenvalue weighted by Gasteiger charge is 2.23. The fourth-order valence-corrected chi connectivity index (χ4v) is 2.60. The van der Waals surface area contributed by atoms with Gasteiger partial charge >= 0.3 is 0 Å². The first kappa shape index (κ1) is 10.7. The predicted octanol–water partition coefficient (Wildman–Crippen LogP) is 2.41. The first-order valence-electron chi connectivity index (χ1n) is 5.59. The zero-order chi connectivity index (χ0) is 11.7. The Bertz CT molecular complexity index is 546. The summed E-state index contributed by atoms with van der Waals surface area (Å²) in [6.07, 6.45) is 1.48. The SMILES string of the molecule is O=C(Nc1ccc2scnc2c1)C1CCCO1. The van der Waals surface area contributed by atoms with Gasteiger partial charge in [0.2, 0.25) is 0 Å². The minimum atomic E-state index is -0.291. The van der Waals surface area contributed by atoms with Gasteiger partial charge in [0.15, 0.2) is 0 Å². The average Bonchev–Trinajstić information content (AvgIpc) is 2.99. The topological polar surface area (TPSA) is 51.2 Å². The van der Waals surface area contributed by atoms with E-state index in [-0.39, 0.29) is 12.0 Å². The van der Waals surface area contributed by atoms with Crippen LogP contribution in [0.25, 0.3) is 10.2 Å². The summed E-state index contributed by atoms with van der Waals surface area (Å²) in [6, 6.07) is 5.75. The van der Waals surface area contributed by atoms with E-state index in [1.165, 1.54) is 0 Å². The van der Waals surface area contributed by atoms with Gasteiger partial charge in [-0.25, -0.2) is 4.98 Å². The monoisotopic (exact) mass is 248 g/mol. The van der Waals surface area contributed by atoms with Gasteiger partial charge in [0, 0.05) is 12.3 Å². The van der Waals surface area contributed by atoms with Crippen LogP contribution in [0.4, 0.5) is 5.69 Å². The van der Waals surface area contributed by atoms with Crippen LogP contribution in [0, 0.1) is 0 Å². The summed E-state index contributed by atoms with van der Waals surface area (Å²) in [5.41, 5.74) is 3.50. The van der Waals surface area contributed by atoms with Crippen LogP contribution in [0.3, 0.4) is 0 Å². The molecule has 1 N–H and O–H groups in total. The van der Waals surface area contributed by atoms with Crippen molar-refractivity contribution in [2.75, 3.05) is 11.9 Å². The summed E-state index contributed by atoms with van der Waals surface area (Å²) in [4.78, 5) is 16.1. The number of nitrogens with zero attached hydrogens (tertiary/aromatic N) is 1. The van der Waals surface area contributed by atoms with Gasteiger partial charge in [-0.2, -0.15) is 0 Å². The zero-order valence-corrected chi connectivity index (χ0v) is 10.00. The highest BCUT2D eigenvalue weighted by atomic mass is 32.1. The molecule has 0 aliphatic carbocycles. The third-order valence-electron chi connectivity index (χ3n) is 2.82. The fourth-order valence-electron chi connectivity index (χ4n) is 1.94. The minimum absolute atomic E-state index is 0.0583. The van der Waals surface area contributed by atoms with Crippen LogP contribution in [0.2, 0.25) is 0 Å². The summed E-state index contributed by atoms with van der Waals surface area (Å²) >= 11 is 1.59. The van der Waals surface area contributed by atoms with Crippen molar-refractivity contribution in [2.24, 2.45) is 0 Å². The number of hydrogen-bond donors (Lipinski definition) is 1. The summed E-state index contributed by atoms with van der Waals surface area (Å²) in [6.45, 7) is 0.684. The van der Waals surface area contributed by atoms with E-state index in [1.54, 1.807) is 16.8 Å². The van der Waals surface area contributed by atoms with E-state index < -0.39 is 0 Å². The lowest BCUT2D eigenvalue weighted by Gasteiger charge is -2.10. The molecule has 2 aromatic rings. The van der Waals surface area contributed by atoms with E-state index in [9.17, 15) is 4.79 Å². The maximum atomic E-state index is 11.8. The third-order valence-corrected chi connectivity index (χ3v) is 3.63. The molecule has 1 fully saturated rings. The highest BCUT2D eigenvalue weighted by molar-refractivity contribution is 7.16. The van der Waals surface area contributed by atoms with Gasteiger partial charge in [-0.05, 0) is 31.0 Å². The minimum Gasteiger partial charge on any atom is -0.368 e. The molecular weight excluding hydrogens is 236 g/mol. The van der Waals surface area contributed by atoms with Crippen LogP contribution in [0.1, 0.15) is 12.8 Å². The Hall–Kier alpha value is -1.46. The summed E-state index contributed by atoms with van der Waals surface area (Å²) < 4.78 is 6.46. The molecule has 1 atom stereocenters. The van der Waals surface area contributed by atoms with Crippen molar-refractivity contribution in [3.8, 4) is 0 Å². The number of amides is 1. The molecule has 0 saturated carbocycles. The van der Waals surface area contributed by atoms with Gasteiger partial charge in [-0.1, -0.05) is 0 Å². The number of rotatable bonds is 2. The molecule has 1 aromatic carbocycles. The number of anilines is 1. The Kier molecular flexibility index (Phi) is 2.78. The van der Waals surface area contributed by atoms with Crippen molar-refractivity contribution >= 4 is 33.1 Å². The molecule has 1 aliphatic rings. The van der Waals surface area contributed by atoms with Crippen molar-refractivity contribution in [1.29, 1.82) is 0 Å². The van der Waals surface area contributed by atoms with Crippen molar-refractivity contribution in [3.05, 3.63) is 23.7 Å². The number of ether oxygens (including phenoxy) is 1. The molecular formula is C12H12N2O2S. The highest BCUT2D eigenvalue weighted by Crippen LogP contribution is 2.22. The average molecular weight is 248 g/mol. The van der Waals surface area contributed by atoms with Crippen molar-refractivity contribution < 1.29 is 9.53 Å². The molecule has 2 heterocycles. The first-order chi connectivity index (χ1) is 8.33. The number of nitrogens with one attached hydrogen (secondary N) is 1. The molecule has 0 radical (unpaired) electrons. The standard InChI is InChI=1S/C12H12N2O2S/c15-12(10-2-1-5-16-10)14-8-3-4-11-9(6-8)13-7-17-11/h3-4,6-7,10H,1-2,5H2,(H,14,15). The Morgan fingerprint density at radius 2 is 2.47 bits per heavy atom. The smallest absolute Gasteiger partial charge is 0.253 e. The van der Waals surface area contributed by atoms with Gasteiger partial charge in [-0.3, -0.25) is 4.79 Å². The zero-order valence-electron chi connectivity index (χ0n) is 9.18. The largest absolute Gasteiger partial charge is 0.368 e. The van der Waals surface area contributed by atoms with Crippen LogP contribution in [-0.4, -0.2) is 23.6 Å². The van der Waals surface area contributed by atoms with E-state index in [0.717, 1.165) is 28.7 Å². The number of fused-ring (bicyclic) bond motifs is 1. The number of carbonyl (C=O) groups is 1. The van der Waals surface area contributed by atoms with E-state index in [0.29, 0.717) is 6.61 Å². The van der Waals surface area contributed by atoms with Crippen LogP contribution in [-0.2, 0) is 9.53 Å². The molecule has 17 heavy (non-hydrogen) atoms. The first-order valence-corrected chi connectivity index (χ1v) is 6.46. The molecule has 1 aliphatic heterocycles. The van der Waals surface area contributed by atoms with E-state index in [2.05, 4.69) is 10.3 Å². The second kappa shape index (κ2) is 4.43. The van der Waals surface area contributed by atoms with Crippen molar-refractivity contribution in [2.45, 2.75) is 18.9 Å². The third kappa shape index (κ3) is 2.16. The summed E-state index contributed by atoms with van der Waals surface area (Å²) in [5, 5.41) is 2.87. The van der Waals surface area contributed by atoms with E-state index in [4.69, 9.17) is 4.74 Å². The number of benzene rings is 1. The Balaban J connectivity index is 1.77. The fraction of sp³-hybridized carbons (Fsp3) is 0.333. The van der Waals surface area contributed by atoms with Crippen LogP contribution in [0.15, 0.2) is 23.7 Å². The van der Waals surface area contributed by atoms with Crippen molar-refractivity contribution in [1.82, 2.24) is 4.98 Å². The van der Waals surface area contributed by atoms with Gasteiger partial charge in [0.25, 0.3) is 5.91 Å².